The van der Waals surface area contributed by atoms with Crippen LogP contribution in [0.15, 0.2) is 30.5 Å². The Morgan fingerprint density at radius 3 is 2.96 bits per heavy atom. The number of carbonyl (C=O) groups excluding carboxylic acids is 1. The Morgan fingerprint density at radius 2 is 2.22 bits per heavy atom. The zero-order chi connectivity index (χ0) is 16.4. The molecule has 6 heteroatoms. The summed E-state index contributed by atoms with van der Waals surface area (Å²) in [6.07, 6.45) is 3.01. The lowest BCUT2D eigenvalue weighted by Crippen LogP contribution is -2.52. The Bertz CT molecular complexity index is 735. The van der Waals surface area contributed by atoms with Gasteiger partial charge in [-0.1, -0.05) is 0 Å². The zero-order valence-electron chi connectivity index (χ0n) is 13.0. The zero-order valence-corrected chi connectivity index (χ0v) is 13.0. The van der Waals surface area contributed by atoms with E-state index in [1.807, 2.05) is 24.4 Å². The molecule has 1 aromatic heterocycles. The molecule has 1 aliphatic heterocycles. The Kier molecular flexibility index (Phi) is 4.09. The molecule has 1 aromatic carbocycles. The number of aromatic nitrogens is 1. The maximum atomic E-state index is 12.8. The van der Waals surface area contributed by atoms with Crippen molar-refractivity contribution in [3.05, 3.63) is 36.0 Å². The van der Waals surface area contributed by atoms with E-state index in [4.69, 9.17) is 4.74 Å². The van der Waals surface area contributed by atoms with Crippen LogP contribution in [0, 0.1) is 5.41 Å². The van der Waals surface area contributed by atoms with Crippen LogP contribution in [-0.2, 0) is 9.53 Å². The first-order chi connectivity index (χ1) is 11.1. The molecule has 1 amide bonds. The lowest BCUT2D eigenvalue weighted by atomic mass is 9.80. The maximum absolute atomic E-state index is 12.8. The molecular formula is C17H20N2O4. The first kappa shape index (κ1) is 15.6. The second-order valence-corrected chi connectivity index (χ2v) is 6.13. The SMILES string of the molecule is COCC1(C(=O)O)CCCN(C(=O)c2ccc3[nH]ccc3c2)C1. The molecular weight excluding hydrogens is 296 g/mol. The summed E-state index contributed by atoms with van der Waals surface area (Å²) >= 11 is 0. The Morgan fingerprint density at radius 1 is 1.39 bits per heavy atom. The van der Waals surface area contributed by atoms with Gasteiger partial charge in [0.25, 0.3) is 5.91 Å². The van der Waals surface area contributed by atoms with Gasteiger partial charge in [-0.15, -0.1) is 0 Å². The van der Waals surface area contributed by atoms with E-state index >= 15 is 0 Å². The van der Waals surface area contributed by atoms with E-state index in [-0.39, 0.29) is 19.1 Å². The van der Waals surface area contributed by atoms with Crippen molar-refractivity contribution in [3.8, 4) is 0 Å². The molecule has 1 saturated heterocycles. The molecule has 1 aliphatic rings. The van der Waals surface area contributed by atoms with Gasteiger partial charge >= 0.3 is 5.97 Å². The summed E-state index contributed by atoms with van der Waals surface area (Å²) in [7, 11) is 1.49. The summed E-state index contributed by atoms with van der Waals surface area (Å²) < 4.78 is 5.10. The molecule has 0 bridgehead atoms. The molecule has 1 fully saturated rings. The van der Waals surface area contributed by atoms with Gasteiger partial charge < -0.3 is 19.7 Å². The fourth-order valence-electron chi connectivity index (χ4n) is 3.30. The Balaban J connectivity index is 1.84. The number of ether oxygens (including phenoxy) is 1. The molecule has 2 heterocycles. The third kappa shape index (κ3) is 2.82. The number of likely N-dealkylation sites (tertiary alicyclic amines) is 1. The molecule has 2 N–H and O–H groups in total. The van der Waals surface area contributed by atoms with E-state index in [1.165, 1.54) is 7.11 Å². The van der Waals surface area contributed by atoms with E-state index in [0.717, 1.165) is 10.9 Å². The fraction of sp³-hybridized carbons (Fsp3) is 0.412. The van der Waals surface area contributed by atoms with Gasteiger partial charge in [0.1, 0.15) is 5.41 Å². The normalized spacial score (nSPS) is 21.5. The van der Waals surface area contributed by atoms with Gasteiger partial charge in [-0.2, -0.15) is 0 Å². The summed E-state index contributed by atoms with van der Waals surface area (Å²) in [6, 6.07) is 7.39. The van der Waals surface area contributed by atoms with Crippen molar-refractivity contribution in [2.24, 2.45) is 5.41 Å². The van der Waals surface area contributed by atoms with E-state index in [1.54, 1.807) is 11.0 Å². The van der Waals surface area contributed by atoms with Gasteiger partial charge in [0.2, 0.25) is 0 Å². The number of carbonyl (C=O) groups is 2. The smallest absolute Gasteiger partial charge is 0.313 e. The van der Waals surface area contributed by atoms with Gasteiger partial charge in [-0.3, -0.25) is 9.59 Å². The van der Waals surface area contributed by atoms with Crippen molar-refractivity contribution in [1.29, 1.82) is 0 Å². The molecule has 0 aliphatic carbocycles. The quantitative estimate of drug-likeness (QED) is 0.905. The summed E-state index contributed by atoms with van der Waals surface area (Å²) in [4.78, 5) is 29.2. The highest BCUT2D eigenvalue weighted by atomic mass is 16.5. The number of fused-ring (bicyclic) bond motifs is 1. The van der Waals surface area contributed by atoms with Gasteiger partial charge in [-0.25, -0.2) is 0 Å². The first-order valence-corrected chi connectivity index (χ1v) is 7.64. The number of carboxylic acids is 1. The number of methoxy groups -OCH3 is 1. The van der Waals surface area contributed by atoms with Crippen molar-refractivity contribution in [3.63, 3.8) is 0 Å². The highest BCUT2D eigenvalue weighted by Gasteiger charge is 2.44. The Labute approximate surface area is 134 Å². The molecule has 0 radical (unpaired) electrons. The van der Waals surface area contributed by atoms with Gasteiger partial charge in [0.05, 0.1) is 6.61 Å². The molecule has 1 atom stereocenters. The van der Waals surface area contributed by atoms with Crippen molar-refractivity contribution in [2.75, 3.05) is 26.8 Å². The van der Waals surface area contributed by atoms with Crippen LogP contribution in [0.4, 0.5) is 0 Å². The van der Waals surface area contributed by atoms with Crippen LogP contribution in [0.3, 0.4) is 0 Å². The number of nitrogens with zero attached hydrogens (tertiary/aromatic N) is 1. The molecule has 6 nitrogen and oxygen atoms in total. The van der Waals surface area contributed by atoms with E-state index < -0.39 is 11.4 Å². The second kappa shape index (κ2) is 6.04. The van der Waals surface area contributed by atoms with Crippen LogP contribution in [0.5, 0.6) is 0 Å². The van der Waals surface area contributed by atoms with E-state index in [0.29, 0.717) is 24.9 Å². The van der Waals surface area contributed by atoms with Crippen LogP contribution in [0.2, 0.25) is 0 Å². The van der Waals surface area contributed by atoms with E-state index in [2.05, 4.69) is 4.98 Å². The van der Waals surface area contributed by atoms with Crippen LogP contribution < -0.4 is 0 Å². The summed E-state index contributed by atoms with van der Waals surface area (Å²) in [5, 5.41) is 10.5. The molecule has 122 valence electrons. The maximum Gasteiger partial charge on any atom is 0.313 e. The molecule has 23 heavy (non-hydrogen) atoms. The number of amides is 1. The average molecular weight is 316 g/mol. The molecule has 2 aromatic rings. The minimum atomic E-state index is -1.01. The van der Waals surface area contributed by atoms with Crippen molar-refractivity contribution < 1.29 is 19.4 Å². The number of hydrogen-bond acceptors (Lipinski definition) is 3. The van der Waals surface area contributed by atoms with Gasteiger partial charge in [-0.05, 0) is 37.1 Å². The van der Waals surface area contributed by atoms with Gasteiger partial charge in [0, 0.05) is 42.9 Å². The highest BCUT2D eigenvalue weighted by molar-refractivity contribution is 5.98. The second-order valence-electron chi connectivity index (χ2n) is 6.13. The van der Waals surface area contributed by atoms with Crippen LogP contribution in [-0.4, -0.2) is 53.7 Å². The number of rotatable bonds is 4. The third-order valence-corrected chi connectivity index (χ3v) is 4.54. The van der Waals surface area contributed by atoms with Crippen molar-refractivity contribution in [1.82, 2.24) is 9.88 Å². The lowest BCUT2D eigenvalue weighted by Gasteiger charge is -2.39. The van der Waals surface area contributed by atoms with Gasteiger partial charge in [0.15, 0.2) is 0 Å². The number of piperidine rings is 1. The number of aromatic amines is 1. The van der Waals surface area contributed by atoms with Crippen LogP contribution in [0.25, 0.3) is 10.9 Å². The predicted octanol–water partition coefficient (Wildman–Crippen LogP) is 2.12. The number of nitrogens with one attached hydrogen (secondary N) is 1. The summed E-state index contributed by atoms with van der Waals surface area (Å²) in [5.74, 6) is -1.03. The number of benzene rings is 1. The van der Waals surface area contributed by atoms with Crippen LogP contribution in [0.1, 0.15) is 23.2 Å². The molecule has 0 spiro atoms. The topological polar surface area (TPSA) is 82.6 Å². The summed E-state index contributed by atoms with van der Waals surface area (Å²) in [5.41, 5.74) is 0.538. The predicted molar refractivity (Wildman–Crippen MR) is 85.4 cm³/mol. The molecule has 3 rings (SSSR count). The minimum absolute atomic E-state index is 0.114. The summed E-state index contributed by atoms with van der Waals surface area (Å²) in [6.45, 7) is 0.867. The Hall–Kier alpha value is -2.34. The molecule has 0 saturated carbocycles. The minimum Gasteiger partial charge on any atom is -0.481 e. The highest BCUT2D eigenvalue weighted by Crippen LogP contribution is 2.31. The largest absolute Gasteiger partial charge is 0.481 e. The third-order valence-electron chi connectivity index (χ3n) is 4.54. The number of H-pyrrole nitrogens is 1. The molecule has 1 unspecified atom stereocenters. The number of aliphatic carboxylic acids is 1. The number of hydrogen-bond donors (Lipinski definition) is 2. The van der Waals surface area contributed by atoms with Crippen molar-refractivity contribution >= 4 is 22.8 Å². The monoisotopic (exact) mass is 316 g/mol. The number of carboxylic acid groups (broad SMARTS) is 1. The van der Waals surface area contributed by atoms with Crippen LogP contribution >= 0.6 is 0 Å². The lowest BCUT2D eigenvalue weighted by molar-refractivity contribution is -0.155. The standard InChI is InChI=1S/C17H20N2O4/c1-23-11-17(16(21)22)6-2-8-19(10-17)15(20)13-3-4-14-12(9-13)5-7-18-14/h3-5,7,9,18H,2,6,8,10-11H2,1H3,(H,21,22). The van der Waals surface area contributed by atoms with Crippen molar-refractivity contribution in [2.45, 2.75) is 12.8 Å². The first-order valence-electron chi connectivity index (χ1n) is 7.64. The fourth-order valence-corrected chi connectivity index (χ4v) is 3.30. The van der Waals surface area contributed by atoms with E-state index in [9.17, 15) is 14.7 Å². The average Bonchev–Trinajstić information content (AvgIpc) is 3.02.